The number of hydrogen-bond acceptors (Lipinski definition) is 28. The first-order valence-corrected chi connectivity index (χ1v) is 46.8. The lowest BCUT2D eigenvalue weighted by molar-refractivity contribution is 0.0992. The highest BCUT2D eigenvalue weighted by atomic mass is 79.9. The number of nitrogens with one attached hydrogen (secondary N) is 5. The zero-order valence-electron chi connectivity index (χ0n) is 341. The van der Waals surface area contributed by atoms with E-state index in [9.17, 15) is 34.0 Å². The molecule has 35 nitrogen and oxygen atoms in total. The van der Waals surface area contributed by atoms with Gasteiger partial charge in [0, 0.05) is 443 Å². The number of nitrogen functional groups attached to an aromatic ring is 1. The van der Waals surface area contributed by atoms with Gasteiger partial charge in [0.15, 0.2) is 12.6 Å². The van der Waals surface area contributed by atoms with E-state index in [0.29, 0.717) is 165 Å². The Balaban J connectivity index is -0.0000000161. The summed E-state index contributed by atoms with van der Waals surface area (Å²) in [4.78, 5) is 99.8. The number of amides is 2. The third kappa shape index (κ3) is 41.7. The summed E-state index contributed by atoms with van der Waals surface area (Å²) < 4.78 is 1320. The molecule has 145 heavy (non-hydrogen) atoms. The van der Waals surface area contributed by atoms with E-state index in [4.69, 9.17) is 519 Å². The van der Waals surface area contributed by atoms with Crippen LogP contribution in [-0.2, 0) is 22.5 Å². The first-order valence-electron chi connectivity index (χ1n) is 173. The minimum Gasteiger partial charge on any atom is -0.508 e. The average molecular weight is 2700 g/mol. The number of aryl methyl sites for hydroxylation is 1. The predicted octanol–water partition coefficient (Wildman–Crippen LogP) is 55.8. The minimum atomic E-state index is -0.870. The molecule has 16 N–H and O–H groups in total. The summed E-state index contributed by atoms with van der Waals surface area (Å²) in [6, 6.07) is 47.9. The van der Waals surface area contributed by atoms with Gasteiger partial charge >= 0.3 is 14.2 Å². The molecule has 0 radical (unpaired) electrons. The molecular formula is C102H369B2Br2Cl4N21O14. The van der Waals surface area contributed by atoms with Crippen molar-refractivity contribution in [1.29, 1.82) is 0 Å². The van der Waals surface area contributed by atoms with Crippen molar-refractivity contribution in [2.45, 2.75) is 178 Å². The zero-order valence-corrected chi connectivity index (χ0v) is 89.0. The number of rotatable bonds is 18. The monoisotopic (exact) mass is 2690 g/mol. The predicted molar refractivity (Wildman–Crippen MR) is 853 cm³/mol. The number of pyridine rings is 7. The van der Waals surface area contributed by atoms with E-state index in [1.54, 1.807) is 133 Å². The molecule has 14 rings (SSSR count). The number of aldehydes is 3. The molecule has 2 aliphatic heterocycles. The van der Waals surface area contributed by atoms with Crippen molar-refractivity contribution < 1.29 is 452 Å². The molecule has 1014 valence electrons. The van der Waals surface area contributed by atoms with E-state index in [1.165, 1.54) is 30.3 Å². The number of carbonyl (C=O) groups excluding carboxylic acids is 5. The number of fused-ring (bicyclic) bond motifs is 2. The van der Waals surface area contributed by atoms with Crippen molar-refractivity contribution in [3.63, 3.8) is 0 Å². The summed E-state index contributed by atoms with van der Waals surface area (Å²) in [5, 5.41) is 44.9. The largest absolute Gasteiger partial charge is 0.508 e. The molecule has 0 spiro atoms. The maximum absolute atomic E-state index is 11.1. The molecule has 0 fully saturated rings. The molecule has 0 unspecified atom stereocenters. The standard InChI is InChI=1S/C18H19N3O2.C17H18BN3O3.C17H16BrN3O2.C13H10BN3O3.C10H14ClN3O.C10H12ClN3.C7H5BrO2.C6H4Cl2N2O.C4H11N.130H2/c1-12-6-7-14(10-13(12)11-22)23-16-9-8-15(19-5)17(20-16)21-18(2,3)4;1-17(2,3)21-16-14(19-4)7-8-15(20-16)24-12-5-6-13-11(9-12)10-23-18(13)22;1-17(2,3)21-16-14(19-4)7-8-15(20-16)23-12-5-6-13(18)11(9-12)10-22;1-16-11-4-5-12(17-13(11)15)20-9-2-3-10-8(6-9)7-19-14(10)18;1-10(2,3)14-9-6(8(12)15)4-5-7(11)13-9;1-10(2,3)14-9-7(12-4)5-6-8(11)13-9;8-7-2-1-6(10)3-5(7)4-9;7-4-2-1-3(6(9)11)5(8)10-4;1-4(2,3)5;;;;;;;;;;;;;;;;;;;;;;;;;;;;;;;;;;;;;;;;;;;;;;;;;;;;;;;;;;;;;;;;;;;;;;;;;;;;;;;;;;;;;;;;;;;;;;;;;;;;;;;;;;;;;;;;;;;;;;;;;;;;;;;;;;/h6-11H,1-4H3,(H,20,21);5-9,22H,10H2,1-3H3,(H,20,21);5-10H,1-3H3,(H,20,21);2-6,18H,7H2,(H2,15,17);4-5H,1-3H3,(H2,12,15)(H,13,14);5-6H,1-3H3,(H,13,14);1-4,10H;1-2H,(H2,9,11);5H2,1-3H3;130*1H/i;;;;;;;;;129*1+1D;1+1. The second-order valence-corrected chi connectivity index (χ2v) is 40.6. The third-order valence-corrected chi connectivity index (χ3v) is 19.9. The fraction of sp³-hybridized carbons (Fsp3) is 0.265. The maximum Gasteiger partial charge on any atom is 0.491 e. The fourth-order valence-corrected chi connectivity index (χ4v) is 12.9. The van der Waals surface area contributed by atoms with Gasteiger partial charge in [-0.25, -0.2) is 59.1 Å². The molecule has 2 amide bonds. The van der Waals surface area contributed by atoms with Crippen molar-refractivity contribution in [3.05, 3.63) is 307 Å². The second-order valence-electron chi connectivity index (χ2n) is 37.4. The summed E-state index contributed by atoms with van der Waals surface area (Å²) in [5.41, 5.74) is 28.5. The molecule has 0 saturated heterocycles. The van der Waals surface area contributed by atoms with Gasteiger partial charge in [-0.05, 0) is 317 Å². The van der Waals surface area contributed by atoms with Crippen LogP contribution in [0.2, 0.25) is 20.6 Å². The number of phenolic OH excluding ortho intramolecular Hbond substituents is 1. The average Bonchev–Trinajstić information content (AvgIpc) is 1.67. The molecule has 12 aromatic rings. The van der Waals surface area contributed by atoms with E-state index < -0.39 is 26.1 Å². The lowest BCUT2D eigenvalue weighted by Gasteiger charge is -2.22. The summed E-state index contributed by atoms with van der Waals surface area (Å²) in [5.74, 6) is 5.15. The van der Waals surface area contributed by atoms with E-state index in [-0.39, 0.29) is 62.1 Å². The number of halogens is 6. The summed E-state index contributed by atoms with van der Waals surface area (Å²) in [6.07, 6.45) is 2.23. The van der Waals surface area contributed by atoms with Crippen LogP contribution in [-0.4, -0.2) is 128 Å². The number of aromatic nitrogens is 7. The Morgan fingerprint density at radius 3 is 1.06 bits per heavy atom. The van der Waals surface area contributed by atoms with Gasteiger partial charge in [0.2, 0.25) is 52.0 Å². The van der Waals surface area contributed by atoms with Gasteiger partial charge < -0.3 is 92.9 Å². The summed E-state index contributed by atoms with van der Waals surface area (Å²) >= 11 is 28.9. The van der Waals surface area contributed by atoms with Crippen LogP contribution in [0.1, 0.15) is 578 Å². The molecule has 5 aromatic carbocycles. The number of phenols is 1. The number of primary amides is 2. The first-order chi connectivity index (χ1) is 197. The highest BCUT2D eigenvalue weighted by Gasteiger charge is 2.30. The Bertz CT molecular complexity index is 7090. The Labute approximate surface area is 1280 Å². The van der Waals surface area contributed by atoms with Crippen LogP contribution in [0.4, 0.5) is 63.3 Å². The minimum absolute atomic E-state index is 0. The lowest BCUT2D eigenvalue weighted by atomic mass is 9.80. The van der Waals surface area contributed by atoms with Crippen molar-refractivity contribution in [2.75, 3.05) is 32.3 Å². The molecule has 0 atom stereocenters. The van der Waals surface area contributed by atoms with Crippen LogP contribution in [0.15, 0.2) is 185 Å². The first kappa shape index (κ1) is 31.2. The van der Waals surface area contributed by atoms with E-state index in [0.717, 1.165) is 40.2 Å². The molecule has 2 aliphatic rings. The Kier molecular flexibility index (Phi) is 11.7. The topological polar surface area (TPSA) is 478 Å². The summed E-state index contributed by atoms with van der Waals surface area (Å²) in [6.45, 7) is 73.9. The highest BCUT2D eigenvalue weighted by Crippen LogP contribution is 2.37. The SMILES string of the molecule is CC(C)(C)N.CC(C)(C)Nc1nc(Cl)ccc1C(N)=O.NC(=O)c1ccc(Cl)nc1Cl.O=Cc1cc(O)ccc1Br.[2HH].[2H][2H].[2H][2H].[2H][2H].[2H][2H].[2H][2H].[2H][2H].[2H][2H].[2H][2H].[2H][2H].[2H][2H].[2H][2H].[2H][2H].[2H][2H].[2H][2H].[2H][2H].[2H][2H].[2H][2H].[2H][2H].[2H][2H].[2H][2H].[2H][2H].[2H][2H].[2H][2H].[2H][2H].[2H][2H].[2H][2H].[2H][2H].[2H][2H].[2H][2H].[2H][2H].[2H][2H].[2H][2H].[2H][2H].[2H][2H].[2H][2H].[2H][2H].[2H][2H].[2H][2H].[2H][2H].[2H][2H].[2H][2H].[2H][2H].[2H][2H].[2H][2H].[2H][2H].[2H][2H].[2H][2H].[2H][2H].[2H][2H].[2H][2H].[2H][2H].[2H][2H].[2H][2H].[2H][2H].[2H][2H].[2H][2H].[2H][2H].[2H][2H].[2H][2H].[2H][2H].[2H][2H].[2H][2H].[2H][2H].[2H][2H].[2H][2H].[2H][2H].[2H][2H].[2H][2H].[2H][2H].[2H][2H].[2H][2H].[2H][2H].[2H][2H].[2H][2H].[2H][2H].[2H][2H].[2H][2H].[2H][2H].[2H][2H].[2H][2H].[2H][2H].[2H][2H].[2H][2H].[2H][2H].[2H][2H].[2H][2H].[2H][2H].[2H][2H].[2H][2H].[2H][2H].[2H][2H].[2H][2H].[2H][2H].[2H][2H].[2H][2H].[2H][2H].[2H][2H].[2H][2H].[2H][2H].[2H][2H].[2H][2H].[2H][2H].[2H][2H].[2H][2H].[2H][2H].[2H][2H].[2H][2H].[2H][2H].[2H][2H].[2H][2H].[2H][2H].[2H][2H].[2H][2H].[2H][2H].[2H][2H].[2H][2H].[2H][2H].[2H][2H].[2H][2H].[2H][2H].[2H][2H].[2H][2H].[2H][2H].[2H][2H].[2H][2H].[2H][2H].[2H][2H].[2H][2H].[2H][2H].[C-]#[N+]c1ccc(Cl)nc1NC(C)(C)C.[C-]#[N+]c1ccc(Oc2ccc(Br)c(C=O)c2)nc1NC(C)(C)C.[C-]#[N+]c1ccc(Oc2ccc(C)c(C=O)c2)nc1NC(C)(C)C.[C-]#[N+]c1ccc(Oc2ccc3c(c2)COB3O)nc1N.[C-]#[N+]c1ccc(Oc2ccc3c(c2)COB3O)nc1NC(C)(C)C. The fourth-order valence-electron chi connectivity index (χ4n) is 11.5. The van der Waals surface area contributed by atoms with Crippen LogP contribution < -0.4 is 79.4 Å². The van der Waals surface area contributed by atoms with E-state index in [2.05, 4.69) is 118 Å². The number of nitrogens with zero attached hydrogens (tertiary/aromatic N) is 12. The van der Waals surface area contributed by atoms with Crippen molar-refractivity contribution in [2.24, 2.45) is 17.2 Å². The Morgan fingerprint density at radius 1 is 0.414 bits per heavy atom. The molecule has 0 saturated carbocycles. The highest BCUT2D eigenvalue weighted by molar-refractivity contribution is 9.10. The van der Waals surface area contributed by atoms with Crippen molar-refractivity contribution in [1.82, 2.24) is 34.9 Å². The van der Waals surface area contributed by atoms with Gasteiger partial charge in [-0.15, -0.1) is 0 Å². The number of nitrogens with two attached hydrogens (primary N) is 4. The molecule has 7 aromatic heterocycles. The molecule has 0 bridgehead atoms. The van der Waals surface area contributed by atoms with Crippen LogP contribution in [0.5, 0.6) is 52.3 Å². The normalized spacial score (nSPS) is 18.5. The number of aromatic hydroxyl groups is 1. The van der Waals surface area contributed by atoms with E-state index in [1.807, 2.05) is 144 Å². The maximum atomic E-state index is 11.1. The summed E-state index contributed by atoms with van der Waals surface area (Å²) in [7, 11) is -1.74. The van der Waals surface area contributed by atoms with Crippen LogP contribution >= 0.6 is 78.3 Å². The van der Waals surface area contributed by atoms with Crippen LogP contribution in [0.3, 0.4) is 0 Å². The van der Waals surface area contributed by atoms with Crippen molar-refractivity contribution >= 4 is 197 Å². The van der Waals surface area contributed by atoms with Gasteiger partial charge in [0.25, 0.3) is 11.8 Å². The van der Waals surface area contributed by atoms with E-state index >= 15 is 0 Å². The van der Waals surface area contributed by atoms with Gasteiger partial charge in [-0.2, -0.15) is 0 Å². The number of benzene rings is 5. The Hall–Kier alpha value is -14.6. The molecular weight excluding hydrogens is 2070 g/mol. The smallest absolute Gasteiger partial charge is 0.491 e. The molecule has 9 heterocycles. The lowest BCUT2D eigenvalue weighted by Crippen LogP contribution is -2.28. The quantitative estimate of drug-likeness (QED) is 0.0164. The van der Waals surface area contributed by atoms with Crippen LogP contribution in [0.25, 0.3) is 24.2 Å². The van der Waals surface area contributed by atoms with Gasteiger partial charge in [-0.3, -0.25) is 24.0 Å². The third-order valence-electron chi connectivity index (χ3n) is 17.6. The Morgan fingerprint density at radius 2 is 0.710 bits per heavy atom. The van der Waals surface area contributed by atoms with Gasteiger partial charge in [0.05, 0.1) is 57.2 Å². The molecule has 0 aliphatic carbocycles. The molecule has 43 heteroatoms. The number of ether oxygens (including phenoxy) is 4. The van der Waals surface area contributed by atoms with Crippen molar-refractivity contribution in [3.8, 4) is 52.3 Å². The van der Waals surface area contributed by atoms with Gasteiger partial charge in [0.1, 0.15) is 90.6 Å². The van der Waals surface area contributed by atoms with Gasteiger partial charge in [-0.1, -0.05) is 96.5 Å². The van der Waals surface area contributed by atoms with Crippen LogP contribution in [0, 0.1) is 39.8 Å². The number of hydrogen-bond donors (Lipinski definition) is 12. The number of anilines is 6. The second kappa shape index (κ2) is 54.2. The zero-order chi connectivity index (χ0) is 366. The number of carbonyl (C=O) groups is 5.